The normalized spacial score (nSPS) is 22.9. The van der Waals surface area contributed by atoms with E-state index in [2.05, 4.69) is 28.5 Å². The van der Waals surface area contributed by atoms with Gasteiger partial charge in [-0.3, -0.25) is 4.90 Å². The fourth-order valence-corrected chi connectivity index (χ4v) is 6.06. The van der Waals surface area contributed by atoms with Gasteiger partial charge < -0.3 is 10.3 Å². The molecular weight excluding hydrogens is 407 g/mol. The van der Waals surface area contributed by atoms with E-state index in [1.807, 2.05) is 25.1 Å². The van der Waals surface area contributed by atoms with Crippen LogP contribution in [0.25, 0.3) is 10.9 Å². The van der Waals surface area contributed by atoms with Crippen LogP contribution in [0.2, 0.25) is 0 Å². The van der Waals surface area contributed by atoms with Crippen molar-refractivity contribution in [3.05, 3.63) is 57.4 Å². The average molecular weight is 434 g/mol. The SMILES string of the molecule is C[C@@H]1Cc2c([nH]c3ccccc23)[C@@H](c2ccc(CC3CNC3)s2)N1CC(F)(F)CF. The molecule has 3 nitrogen and oxygen atoms in total. The summed E-state index contributed by atoms with van der Waals surface area (Å²) in [6.45, 7) is 1.83. The van der Waals surface area contributed by atoms with E-state index in [0.717, 1.165) is 41.0 Å². The standard InChI is InChI=1S/C23H26F3N3S/c1-14-8-18-17-4-2-3-5-19(17)28-21(18)22(29(14)13-23(25,26)12-24)20-7-6-16(30-20)9-15-10-27-11-15/h2-7,14-15,22,27-28H,8-13H2,1H3/t14-,22-/m1/s1. The molecule has 1 saturated heterocycles. The fraction of sp³-hybridized carbons (Fsp3) is 0.478. The summed E-state index contributed by atoms with van der Waals surface area (Å²) in [5.41, 5.74) is 3.19. The highest BCUT2D eigenvalue weighted by molar-refractivity contribution is 7.12. The highest BCUT2D eigenvalue weighted by Gasteiger charge is 2.42. The van der Waals surface area contributed by atoms with Gasteiger partial charge in [-0.05, 0) is 62.5 Å². The first kappa shape index (κ1) is 20.1. The molecule has 3 aromatic rings. The number of alkyl halides is 3. The topological polar surface area (TPSA) is 31.1 Å². The molecular formula is C23H26F3N3S. The van der Waals surface area contributed by atoms with Crippen LogP contribution in [0.1, 0.15) is 34.0 Å². The Morgan fingerprint density at radius 2 is 1.97 bits per heavy atom. The van der Waals surface area contributed by atoms with Crippen molar-refractivity contribution in [2.75, 3.05) is 26.3 Å². The molecule has 0 amide bonds. The number of nitrogens with zero attached hydrogens (tertiary/aromatic N) is 1. The number of benzene rings is 1. The minimum atomic E-state index is -3.35. The molecule has 2 aliphatic rings. The number of aromatic nitrogens is 1. The van der Waals surface area contributed by atoms with E-state index in [4.69, 9.17) is 0 Å². The molecule has 0 unspecified atom stereocenters. The lowest BCUT2D eigenvalue weighted by Gasteiger charge is -2.41. The maximum atomic E-state index is 14.2. The fourth-order valence-electron chi connectivity index (χ4n) is 4.80. The summed E-state index contributed by atoms with van der Waals surface area (Å²) in [6.07, 6.45) is 1.68. The van der Waals surface area contributed by atoms with Crippen molar-refractivity contribution in [3.63, 3.8) is 0 Å². The van der Waals surface area contributed by atoms with Gasteiger partial charge in [0.15, 0.2) is 6.67 Å². The first-order valence-electron chi connectivity index (χ1n) is 10.5. The zero-order valence-corrected chi connectivity index (χ0v) is 17.7. The molecule has 1 aromatic carbocycles. The van der Waals surface area contributed by atoms with Gasteiger partial charge in [-0.1, -0.05) is 18.2 Å². The molecule has 5 rings (SSSR count). The number of nitrogens with one attached hydrogen (secondary N) is 2. The number of halogens is 3. The summed E-state index contributed by atoms with van der Waals surface area (Å²) in [7, 11) is 0. The van der Waals surface area contributed by atoms with E-state index in [1.54, 1.807) is 16.2 Å². The Morgan fingerprint density at radius 1 is 1.17 bits per heavy atom. The molecule has 2 N–H and O–H groups in total. The summed E-state index contributed by atoms with van der Waals surface area (Å²) < 4.78 is 41.4. The van der Waals surface area contributed by atoms with Gasteiger partial charge in [0.1, 0.15) is 0 Å². The first-order chi connectivity index (χ1) is 14.4. The van der Waals surface area contributed by atoms with E-state index < -0.39 is 19.1 Å². The minimum absolute atomic E-state index is 0.111. The second kappa shape index (κ2) is 7.70. The van der Waals surface area contributed by atoms with Crippen LogP contribution in [0.15, 0.2) is 36.4 Å². The minimum Gasteiger partial charge on any atom is -0.357 e. The lowest BCUT2D eigenvalue weighted by Crippen LogP contribution is -2.48. The number of aromatic amines is 1. The van der Waals surface area contributed by atoms with E-state index in [0.29, 0.717) is 12.3 Å². The van der Waals surface area contributed by atoms with Gasteiger partial charge in [0.2, 0.25) is 0 Å². The highest BCUT2D eigenvalue weighted by Crippen LogP contribution is 2.44. The Kier molecular flexibility index (Phi) is 5.16. The van der Waals surface area contributed by atoms with Crippen LogP contribution in [0.4, 0.5) is 13.2 Å². The van der Waals surface area contributed by atoms with E-state index in [9.17, 15) is 13.2 Å². The van der Waals surface area contributed by atoms with Crippen molar-refractivity contribution >= 4 is 22.2 Å². The number of rotatable bonds is 6. The smallest absolute Gasteiger partial charge is 0.288 e. The quantitative estimate of drug-likeness (QED) is 0.577. The predicted octanol–water partition coefficient (Wildman–Crippen LogP) is 4.93. The summed E-state index contributed by atoms with van der Waals surface area (Å²) in [4.78, 5) is 7.63. The van der Waals surface area contributed by atoms with E-state index in [1.165, 1.54) is 10.4 Å². The van der Waals surface area contributed by atoms with Crippen LogP contribution in [-0.2, 0) is 12.8 Å². The monoisotopic (exact) mass is 433 g/mol. The second-order valence-electron chi connectivity index (χ2n) is 8.71. The summed E-state index contributed by atoms with van der Waals surface area (Å²) in [6, 6.07) is 11.9. The molecule has 2 aliphatic heterocycles. The molecule has 0 radical (unpaired) electrons. The predicted molar refractivity (Wildman–Crippen MR) is 115 cm³/mol. The Hall–Kier alpha value is -1.83. The number of hydrogen-bond donors (Lipinski definition) is 2. The molecule has 7 heteroatoms. The molecule has 160 valence electrons. The van der Waals surface area contributed by atoms with Gasteiger partial charge in [-0.25, -0.2) is 13.2 Å². The Labute approximate surface area is 178 Å². The van der Waals surface area contributed by atoms with Crippen molar-refractivity contribution < 1.29 is 13.2 Å². The molecule has 0 spiro atoms. The molecule has 1 fully saturated rings. The van der Waals surface area contributed by atoms with Crippen LogP contribution < -0.4 is 5.32 Å². The van der Waals surface area contributed by atoms with Crippen molar-refractivity contribution in [3.8, 4) is 0 Å². The Bertz CT molecular complexity index is 1040. The molecule has 0 saturated carbocycles. The summed E-state index contributed by atoms with van der Waals surface area (Å²) in [5, 5.41) is 4.45. The average Bonchev–Trinajstić information content (AvgIpc) is 3.30. The third-order valence-corrected chi connectivity index (χ3v) is 7.59. The number of thiophene rings is 1. The van der Waals surface area contributed by atoms with E-state index in [-0.39, 0.29) is 12.1 Å². The Morgan fingerprint density at radius 3 is 2.70 bits per heavy atom. The number of H-pyrrole nitrogens is 1. The molecule has 4 heterocycles. The third-order valence-electron chi connectivity index (χ3n) is 6.43. The van der Waals surface area contributed by atoms with Gasteiger partial charge in [-0.15, -0.1) is 11.3 Å². The van der Waals surface area contributed by atoms with Crippen LogP contribution >= 0.6 is 11.3 Å². The first-order valence-corrected chi connectivity index (χ1v) is 11.3. The molecule has 30 heavy (non-hydrogen) atoms. The molecule has 2 aromatic heterocycles. The van der Waals surface area contributed by atoms with Crippen LogP contribution in [0, 0.1) is 5.92 Å². The zero-order valence-electron chi connectivity index (χ0n) is 16.9. The van der Waals surface area contributed by atoms with Crippen molar-refractivity contribution in [2.24, 2.45) is 5.92 Å². The maximum absolute atomic E-state index is 14.2. The van der Waals surface area contributed by atoms with Gasteiger partial charge >= 0.3 is 0 Å². The largest absolute Gasteiger partial charge is 0.357 e. The molecule has 2 atom stereocenters. The van der Waals surface area contributed by atoms with Gasteiger partial charge in [0.25, 0.3) is 5.92 Å². The summed E-state index contributed by atoms with van der Waals surface area (Å²) in [5.74, 6) is -2.70. The maximum Gasteiger partial charge on any atom is 0.288 e. The van der Waals surface area contributed by atoms with Crippen LogP contribution in [0.3, 0.4) is 0 Å². The highest BCUT2D eigenvalue weighted by atomic mass is 32.1. The van der Waals surface area contributed by atoms with Crippen LogP contribution in [0.5, 0.6) is 0 Å². The van der Waals surface area contributed by atoms with Gasteiger partial charge in [-0.2, -0.15) is 0 Å². The van der Waals surface area contributed by atoms with E-state index >= 15 is 0 Å². The Balaban J connectivity index is 1.57. The van der Waals surface area contributed by atoms with Crippen molar-refractivity contribution in [2.45, 2.75) is 37.8 Å². The van der Waals surface area contributed by atoms with Gasteiger partial charge in [0.05, 0.1) is 12.6 Å². The molecule has 0 aliphatic carbocycles. The lowest BCUT2D eigenvalue weighted by atomic mass is 9.91. The third kappa shape index (κ3) is 3.57. The zero-order chi connectivity index (χ0) is 20.9. The number of para-hydroxylation sites is 1. The lowest BCUT2D eigenvalue weighted by molar-refractivity contribution is -0.0669. The van der Waals surface area contributed by atoms with Crippen LogP contribution in [-0.4, -0.2) is 48.2 Å². The molecule has 0 bridgehead atoms. The second-order valence-corrected chi connectivity index (χ2v) is 9.91. The van der Waals surface area contributed by atoms with Crippen molar-refractivity contribution in [1.82, 2.24) is 15.2 Å². The summed E-state index contributed by atoms with van der Waals surface area (Å²) >= 11 is 1.70. The number of hydrogen-bond acceptors (Lipinski definition) is 3. The van der Waals surface area contributed by atoms with Crippen molar-refractivity contribution in [1.29, 1.82) is 0 Å². The van der Waals surface area contributed by atoms with Gasteiger partial charge in [0, 0.05) is 32.4 Å². The number of fused-ring (bicyclic) bond motifs is 3.